The Kier molecular flexibility index (Phi) is 6.26. The first kappa shape index (κ1) is 19.8. The summed E-state index contributed by atoms with van der Waals surface area (Å²) < 4.78 is 5.61. The number of anilines is 1. The second kappa shape index (κ2) is 8.84. The normalized spacial score (nSPS) is 15.4. The number of carbonyl (C=O) groups excluding carboxylic acids is 1. The highest BCUT2D eigenvalue weighted by atomic mass is 16.6. The van der Waals surface area contributed by atoms with Crippen LogP contribution in [0.2, 0.25) is 0 Å². The maximum Gasteiger partial charge on any atom is 0.415 e. The van der Waals surface area contributed by atoms with Crippen LogP contribution in [0.4, 0.5) is 21.9 Å². The van der Waals surface area contributed by atoms with Crippen LogP contribution >= 0.6 is 0 Å². The summed E-state index contributed by atoms with van der Waals surface area (Å²) >= 11 is 0. The fourth-order valence-corrected chi connectivity index (χ4v) is 3.22. The van der Waals surface area contributed by atoms with Crippen LogP contribution in [0, 0.1) is 6.92 Å². The van der Waals surface area contributed by atoms with Gasteiger partial charge in [-0.25, -0.2) is 4.79 Å². The minimum Gasteiger partial charge on any atom is -0.408 e. The van der Waals surface area contributed by atoms with Crippen molar-refractivity contribution in [2.24, 2.45) is 10.2 Å². The molecule has 7 heteroatoms. The number of piperidine rings is 1. The third kappa shape index (κ3) is 4.86. The van der Waals surface area contributed by atoms with Crippen molar-refractivity contribution < 1.29 is 9.53 Å². The number of hydrogen-bond donors (Lipinski definition) is 1. The number of ether oxygens (including phenoxy) is 1. The van der Waals surface area contributed by atoms with Gasteiger partial charge in [0.25, 0.3) is 0 Å². The van der Waals surface area contributed by atoms with Crippen molar-refractivity contribution in [1.29, 1.82) is 0 Å². The largest absolute Gasteiger partial charge is 0.415 e. The number of nitrogen functional groups attached to an aromatic ring is 1. The predicted octanol–water partition coefficient (Wildman–Crippen LogP) is 4.52. The van der Waals surface area contributed by atoms with Crippen molar-refractivity contribution in [3.63, 3.8) is 0 Å². The zero-order valence-corrected chi connectivity index (χ0v) is 16.6. The molecule has 3 rings (SSSR count). The van der Waals surface area contributed by atoms with E-state index in [0.717, 1.165) is 18.4 Å². The summed E-state index contributed by atoms with van der Waals surface area (Å²) in [6.45, 7) is 3.34. The van der Waals surface area contributed by atoms with E-state index in [9.17, 15) is 4.79 Å². The topological polar surface area (TPSA) is 83.5 Å². The first-order valence-electron chi connectivity index (χ1n) is 9.44. The smallest absolute Gasteiger partial charge is 0.408 e. The molecule has 2 N–H and O–H groups in total. The number of hydrogen-bond acceptors (Lipinski definition) is 6. The average Bonchev–Trinajstić information content (AvgIpc) is 2.68. The van der Waals surface area contributed by atoms with Crippen LogP contribution < -0.4 is 10.5 Å². The van der Waals surface area contributed by atoms with Crippen LogP contribution in [0.25, 0.3) is 0 Å². The number of benzene rings is 2. The molecule has 148 valence electrons. The number of likely N-dealkylation sites (tertiary alicyclic amines) is 1. The van der Waals surface area contributed by atoms with Gasteiger partial charge in [0.15, 0.2) is 5.75 Å². The van der Waals surface area contributed by atoms with Gasteiger partial charge in [0, 0.05) is 19.1 Å². The Balaban J connectivity index is 1.68. The molecular weight excluding hydrogens is 354 g/mol. The SMILES string of the molecule is Cc1ccc(/N=N/c2ccccc2OC(=O)N2CCC(N(C)C)CC2)c(N)c1. The lowest BCUT2D eigenvalue weighted by atomic mass is 10.0. The van der Waals surface area contributed by atoms with Gasteiger partial charge in [-0.15, -0.1) is 10.2 Å². The van der Waals surface area contributed by atoms with Crippen molar-refractivity contribution in [3.8, 4) is 5.75 Å². The zero-order chi connectivity index (χ0) is 20.1. The Morgan fingerprint density at radius 1 is 1.11 bits per heavy atom. The molecule has 7 nitrogen and oxygen atoms in total. The lowest BCUT2D eigenvalue weighted by Crippen LogP contribution is -2.45. The van der Waals surface area contributed by atoms with E-state index in [1.54, 1.807) is 23.1 Å². The molecule has 0 atom stereocenters. The Labute approximate surface area is 165 Å². The summed E-state index contributed by atoms with van der Waals surface area (Å²) in [5.74, 6) is 0.386. The van der Waals surface area contributed by atoms with Gasteiger partial charge in [0.2, 0.25) is 0 Å². The highest BCUT2D eigenvalue weighted by molar-refractivity contribution is 5.73. The highest BCUT2D eigenvalue weighted by Gasteiger charge is 2.25. The quantitative estimate of drug-likeness (QED) is 0.623. The van der Waals surface area contributed by atoms with Gasteiger partial charge >= 0.3 is 6.09 Å². The van der Waals surface area contributed by atoms with E-state index in [1.807, 2.05) is 31.2 Å². The zero-order valence-electron chi connectivity index (χ0n) is 16.6. The maximum absolute atomic E-state index is 12.6. The molecule has 0 aliphatic carbocycles. The van der Waals surface area contributed by atoms with Crippen LogP contribution in [0.5, 0.6) is 5.75 Å². The number of carbonyl (C=O) groups is 1. The van der Waals surface area contributed by atoms with Crippen molar-refractivity contribution in [1.82, 2.24) is 9.80 Å². The number of para-hydroxylation sites is 1. The number of nitrogens with two attached hydrogens (primary N) is 1. The molecule has 0 aromatic heterocycles. The molecule has 1 saturated heterocycles. The fraction of sp³-hybridized carbons (Fsp3) is 0.381. The molecule has 1 aliphatic heterocycles. The average molecular weight is 381 g/mol. The molecule has 1 amide bonds. The first-order valence-corrected chi connectivity index (χ1v) is 9.44. The van der Waals surface area contributed by atoms with Gasteiger partial charge < -0.3 is 20.3 Å². The van der Waals surface area contributed by atoms with Crippen molar-refractivity contribution in [3.05, 3.63) is 48.0 Å². The second-order valence-corrected chi connectivity index (χ2v) is 7.28. The number of azo groups is 1. The second-order valence-electron chi connectivity index (χ2n) is 7.28. The van der Waals surface area contributed by atoms with Crippen LogP contribution in [-0.4, -0.2) is 49.1 Å². The molecule has 0 unspecified atom stereocenters. The lowest BCUT2D eigenvalue weighted by Gasteiger charge is -2.34. The van der Waals surface area contributed by atoms with Crippen molar-refractivity contribution >= 4 is 23.2 Å². The summed E-state index contributed by atoms with van der Waals surface area (Å²) in [6.07, 6.45) is 1.53. The Bertz CT molecular complexity index is 858. The molecular formula is C21H27N5O2. The van der Waals surface area contributed by atoms with Crippen LogP contribution in [0.3, 0.4) is 0 Å². The summed E-state index contributed by atoms with van der Waals surface area (Å²) in [5.41, 5.74) is 8.67. The Hall–Kier alpha value is -2.93. The summed E-state index contributed by atoms with van der Waals surface area (Å²) in [4.78, 5) is 16.5. The van der Waals surface area contributed by atoms with Crippen LogP contribution in [0.1, 0.15) is 18.4 Å². The van der Waals surface area contributed by atoms with E-state index in [2.05, 4.69) is 29.2 Å². The van der Waals surface area contributed by atoms with Gasteiger partial charge in [0.1, 0.15) is 11.4 Å². The molecule has 1 fully saturated rings. The Morgan fingerprint density at radius 2 is 1.79 bits per heavy atom. The first-order chi connectivity index (χ1) is 13.4. The number of aryl methyl sites for hydroxylation is 1. The molecule has 28 heavy (non-hydrogen) atoms. The minimum absolute atomic E-state index is 0.352. The molecule has 0 saturated carbocycles. The highest BCUT2D eigenvalue weighted by Crippen LogP contribution is 2.31. The lowest BCUT2D eigenvalue weighted by molar-refractivity contribution is 0.118. The summed E-state index contributed by atoms with van der Waals surface area (Å²) in [5, 5.41) is 8.46. The van der Waals surface area contributed by atoms with Crippen molar-refractivity contribution in [2.45, 2.75) is 25.8 Å². The van der Waals surface area contributed by atoms with Crippen LogP contribution in [0.15, 0.2) is 52.7 Å². The monoisotopic (exact) mass is 381 g/mol. The van der Waals surface area contributed by atoms with Gasteiger partial charge in [-0.3, -0.25) is 0 Å². The molecule has 2 aromatic rings. The van der Waals surface area contributed by atoms with Gasteiger partial charge in [-0.1, -0.05) is 18.2 Å². The number of nitrogens with zero attached hydrogens (tertiary/aromatic N) is 4. The fourth-order valence-electron chi connectivity index (χ4n) is 3.22. The van der Waals surface area contributed by atoms with Gasteiger partial charge in [-0.05, 0) is 63.7 Å². The van der Waals surface area contributed by atoms with E-state index < -0.39 is 0 Å². The molecule has 1 heterocycles. The standard InChI is InChI=1S/C21H27N5O2/c1-15-8-9-18(17(22)14-15)23-24-19-6-4-5-7-20(19)28-21(27)26-12-10-16(11-13-26)25(2)3/h4-9,14,16H,10-13,22H2,1-3H3/b24-23+. The predicted molar refractivity (Wildman–Crippen MR) is 111 cm³/mol. The third-order valence-electron chi connectivity index (χ3n) is 4.96. The van der Waals surface area contributed by atoms with E-state index in [1.165, 1.54) is 0 Å². The molecule has 1 aliphatic rings. The molecule has 0 spiro atoms. The summed E-state index contributed by atoms with van der Waals surface area (Å²) in [7, 11) is 4.14. The van der Waals surface area contributed by atoms with E-state index in [0.29, 0.717) is 41.9 Å². The number of rotatable bonds is 4. The van der Waals surface area contributed by atoms with Crippen LogP contribution in [-0.2, 0) is 0 Å². The minimum atomic E-state index is -0.352. The van der Waals surface area contributed by atoms with Gasteiger partial charge in [0.05, 0.1) is 5.69 Å². The van der Waals surface area contributed by atoms with E-state index in [4.69, 9.17) is 10.5 Å². The van der Waals surface area contributed by atoms with E-state index in [-0.39, 0.29) is 6.09 Å². The molecule has 2 aromatic carbocycles. The molecule has 0 bridgehead atoms. The third-order valence-corrected chi connectivity index (χ3v) is 4.96. The molecule has 0 radical (unpaired) electrons. The maximum atomic E-state index is 12.6. The number of amides is 1. The van der Waals surface area contributed by atoms with E-state index >= 15 is 0 Å². The Morgan fingerprint density at radius 3 is 2.46 bits per heavy atom. The summed E-state index contributed by atoms with van der Waals surface area (Å²) in [6, 6.07) is 13.2. The van der Waals surface area contributed by atoms with Crippen molar-refractivity contribution in [2.75, 3.05) is 32.9 Å². The van der Waals surface area contributed by atoms with Gasteiger partial charge in [-0.2, -0.15) is 0 Å².